The summed E-state index contributed by atoms with van der Waals surface area (Å²) in [5.74, 6) is 0. The summed E-state index contributed by atoms with van der Waals surface area (Å²) in [6, 6.07) is 0.165. The molecule has 1 unspecified atom stereocenters. The van der Waals surface area contributed by atoms with Crippen molar-refractivity contribution in [2.45, 2.75) is 32.7 Å². The Morgan fingerprint density at radius 3 is 2.00 bits per heavy atom. The average molecular weight is 164 g/mol. The standard InChI is InChI=1S/C6H15NO2S/c1-4-6(5-2)7(3)10(8)9/h6H,4-5H2,1-3H3,(H,8,9)/p-1. The zero-order chi connectivity index (χ0) is 8.15. The van der Waals surface area contributed by atoms with Crippen molar-refractivity contribution in [2.24, 2.45) is 0 Å². The molecular weight excluding hydrogens is 150 g/mol. The van der Waals surface area contributed by atoms with Crippen molar-refractivity contribution in [3.8, 4) is 0 Å². The molecule has 0 bridgehead atoms. The van der Waals surface area contributed by atoms with Crippen molar-refractivity contribution >= 4 is 11.3 Å². The molecule has 0 fully saturated rings. The maximum Gasteiger partial charge on any atom is 0.0209 e. The van der Waals surface area contributed by atoms with E-state index in [-0.39, 0.29) is 6.04 Å². The first-order valence-corrected chi connectivity index (χ1v) is 4.48. The van der Waals surface area contributed by atoms with Gasteiger partial charge in [0.15, 0.2) is 0 Å². The second-order valence-electron chi connectivity index (χ2n) is 2.23. The normalized spacial score (nSPS) is 14.6. The molecule has 0 amide bonds. The molecule has 0 radical (unpaired) electrons. The Labute approximate surface area is 64.8 Å². The number of hydrogen-bond donors (Lipinski definition) is 0. The van der Waals surface area contributed by atoms with E-state index in [9.17, 15) is 8.76 Å². The molecule has 0 aromatic carbocycles. The van der Waals surface area contributed by atoms with Gasteiger partial charge in [-0.15, -0.1) is 0 Å². The number of nitrogens with zero attached hydrogens (tertiary/aromatic N) is 1. The van der Waals surface area contributed by atoms with Gasteiger partial charge in [-0.1, -0.05) is 13.8 Å². The van der Waals surface area contributed by atoms with Gasteiger partial charge in [0, 0.05) is 17.3 Å². The smallest absolute Gasteiger partial charge is 0.0209 e. The Bertz CT molecular complexity index is 114. The van der Waals surface area contributed by atoms with Gasteiger partial charge >= 0.3 is 0 Å². The molecule has 3 nitrogen and oxygen atoms in total. The molecule has 0 aliphatic rings. The van der Waals surface area contributed by atoms with E-state index in [1.165, 1.54) is 4.31 Å². The number of hydrogen-bond acceptors (Lipinski definition) is 2. The molecule has 62 valence electrons. The highest BCUT2D eigenvalue weighted by molar-refractivity contribution is 7.76. The van der Waals surface area contributed by atoms with Crippen LogP contribution in [0.15, 0.2) is 0 Å². The van der Waals surface area contributed by atoms with E-state index < -0.39 is 11.3 Å². The van der Waals surface area contributed by atoms with Crippen LogP contribution in [-0.4, -0.2) is 26.2 Å². The molecule has 0 N–H and O–H groups in total. The molecule has 0 aliphatic heterocycles. The first-order valence-electron chi connectivity index (χ1n) is 3.45. The lowest BCUT2D eigenvalue weighted by Crippen LogP contribution is -2.31. The summed E-state index contributed by atoms with van der Waals surface area (Å²) in [5, 5.41) is 0. The minimum Gasteiger partial charge on any atom is -0.760 e. The topological polar surface area (TPSA) is 43.4 Å². The van der Waals surface area contributed by atoms with Crippen molar-refractivity contribution in [2.75, 3.05) is 7.05 Å². The van der Waals surface area contributed by atoms with Crippen LogP contribution in [0, 0.1) is 0 Å². The van der Waals surface area contributed by atoms with Crippen molar-refractivity contribution in [3.63, 3.8) is 0 Å². The van der Waals surface area contributed by atoms with Gasteiger partial charge in [-0.3, -0.25) is 4.21 Å². The highest BCUT2D eigenvalue weighted by atomic mass is 32.2. The lowest BCUT2D eigenvalue weighted by molar-refractivity contribution is 0.336. The Kier molecular flexibility index (Phi) is 4.85. The van der Waals surface area contributed by atoms with Crippen LogP contribution >= 0.6 is 0 Å². The largest absolute Gasteiger partial charge is 0.760 e. The second-order valence-corrected chi connectivity index (χ2v) is 3.24. The highest BCUT2D eigenvalue weighted by Gasteiger charge is 2.09. The summed E-state index contributed by atoms with van der Waals surface area (Å²) in [6.07, 6.45) is 1.75. The molecule has 0 aromatic rings. The molecule has 0 saturated carbocycles. The Morgan fingerprint density at radius 2 is 1.90 bits per heavy atom. The van der Waals surface area contributed by atoms with Gasteiger partial charge in [0.1, 0.15) is 0 Å². The van der Waals surface area contributed by atoms with E-state index in [0.29, 0.717) is 0 Å². The quantitative estimate of drug-likeness (QED) is 0.579. The zero-order valence-electron chi connectivity index (χ0n) is 6.66. The molecule has 0 heterocycles. The van der Waals surface area contributed by atoms with Gasteiger partial charge in [-0.05, 0) is 19.9 Å². The first kappa shape index (κ1) is 10.1. The van der Waals surface area contributed by atoms with Crippen LogP contribution in [0.5, 0.6) is 0 Å². The predicted molar refractivity (Wildman–Crippen MR) is 41.1 cm³/mol. The summed E-state index contributed by atoms with van der Waals surface area (Å²) in [6.45, 7) is 3.97. The Hall–Kier alpha value is 0.0700. The van der Waals surface area contributed by atoms with Crippen LogP contribution in [-0.2, 0) is 11.3 Å². The van der Waals surface area contributed by atoms with Crippen molar-refractivity contribution in [3.05, 3.63) is 0 Å². The predicted octanol–water partition coefficient (Wildman–Crippen LogP) is 0.901. The average Bonchev–Trinajstić information content (AvgIpc) is 1.90. The minimum absolute atomic E-state index is 0.165. The maximum absolute atomic E-state index is 10.4. The summed E-state index contributed by atoms with van der Waals surface area (Å²) >= 11 is -2.06. The van der Waals surface area contributed by atoms with Crippen LogP contribution in [0.25, 0.3) is 0 Å². The van der Waals surface area contributed by atoms with E-state index in [4.69, 9.17) is 0 Å². The van der Waals surface area contributed by atoms with Crippen LogP contribution in [0.3, 0.4) is 0 Å². The van der Waals surface area contributed by atoms with Gasteiger partial charge in [0.2, 0.25) is 0 Å². The lowest BCUT2D eigenvalue weighted by Gasteiger charge is -2.27. The fourth-order valence-electron chi connectivity index (χ4n) is 0.925. The van der Waals surface area contributed by atoms with E-state index in [2.05, 4.69) is 0 Å². The van der Waals surface area contributed by atoms with Gasteiger partial charge < -0.3 is 4.55 Å². The molecule has 0 spiro atoms. The van der Waals surface area contributed by atoms with E-state index in [1.807, 2.05) is 13.8 Å². The number of rotatable bonds is 4. The third kappa shape index (κ3) is 2.77. The molecule has 1 atom stereocenters. The first-order chi connectivity index (χ1) is 4.63. The molecule has 0 aliphatic carbocycles. The maximum atomic E-state index is 10.4. The second kappa shape index (κ2) is 4.82. The van der Waals surface area contributed by atoms with E-state index in [1.54, 1.807) is 7.05 Å². The van der Waals surface area contributed by atoms with E-state index >= 15 is 0 Å². The highest BCUT2D eigenvalue weighted by Crippen LogP contribution is 2.06. The summed E-state index contributed by atoms with van der Waals surface area (Å²) in [4.78, 5) is 0. The van der Waals surface area contributed by atoms with Gasteiger partial charge in [-0.25, -0.2) is 4.31 Å². The SMILES string of the molecule is CCC(CC)N(C)S(=O)[O-]. The molecule has 4 heteroatoms. The molecule has 0 rings (SSSR count). The summed E-state index contributed by atoms with van der Waals surface area (Å²) in [5.41, 5.74) is 0. The Morgan fingerprint density at radius 1 is 1.50 bits per heavy atom. The van der Waals surface area contributed by atoms with Crippen molar-refractivity contribution in [1.29, 1.82) is 0 Å². The van der Waals surface area contributed by atoms with Gasteiger partial charge in [-0.2, -0.15) is 0 Å². The molecule has 10 heavy (non-hydrogen) atoms. The molecule has 0 saturated heterocycles. The monoisotopic (exact) mass is 164 g/mol. The van der Waals surface area contributed by atoms with Crippen molar-refractivity contribution < 1.29 is 8.76 Å². The van der Waals surface area contributed by atoms with E-state index in [0.717, 1.165) is 12.8 Å². The lowest BCUT2D eigenvalue weighted by atomic mass is 10.2. The fourth-order valence-corrected chi connectivity index (χ4v) is 1.47. The summed E-state index contributed by atoms with van der Waals surface area (Å²) < 4.78 is 22.1. The molecule has 0 aromatic heterocycles. The third-order valence-electron chi connectivity index (χ3n) is 1.69. The van der Waals surface area contributed by atoms with Crippen LogP contribution < -0.4 is 0 Å². The Balaban J connectivity index is 3.88. The fraction of sp³-hybridized carbons (Fsp3) is 1.00. The van der Waals surface area contributed by atoms with Gasteiger partial charge in [0.05, 0.1) is 0 Å². The van der Waals surface area contributed by atoms with Gasteiger partial charge in [0.25, 0.3) is 0 Å². The minimum atomic E-state index is -2.06. The summed E-state index contributed by atoms with van der Waals surface area (Å²) in [7, 11) is 1.60. The van der Waals surface area contributed by atoms with Crippen LogP contribution in [0.1, 0.15) is 26.7 Å². The third-order valence-corrected chi connectivity index (χ3v) is 2.46. The van der Waals surface area contributed by atoms with Crippen LogP contribution in [0.4, 0.5) is 0 Å². The van der Waals surface area contributed by atoms with Crippen molar-refractivity contribution in [1.82, 2.24) is 4.31 Å². The molecular formula is C6H14NO2S-. The van der Waals surface area contributed by atoms with Crippen LogP contribution in [0.2, 0.25) is 0 Å². The zero-order valence-corrected chi connectivity index (χ0v) is 7.48.